The largest absolute Gasteiger partial charge is 0.347 e. The number of pyridine rings is 1. The number of rotatable bonds is 3. The fraction of sp³-hybridized carbons (Fsp3) is 0.455. The van der Waals surface area contributed by atoms with Crippen molar-refractivity contribution in [3.63, 3.8) is 0 Å². The van der Waals surface area contributed by atoms with Gasteiger partial charge >= 0.3 is 5.69 Å². The predicted octanol–water partition coefficient (Wildman–Crippen LogP) is 2.32. The van der Waals surface area contributed by atoms with Crippen molar-refractivity contribution in [2.45, 2.75) is 31.7 Å². The minimum atomic E-state index is -0.687. The Morgan fingerprint density at radius 1 is 1.61 bits per heavy atom. The molecule has 7 heteroatoms. The van der Waals surface area contributed by atoms with Crippen LogP contribution in [0.4, 0.5) is 5.69 Å². The molecule has 0 saturated heterocycles. The molecule has 1 heterocycles. The lowest BCUT2D eigenvalue weighted by molar-refractivity contribution is -0.385. The minimum Gasteiger partial charge on any atom is -0.347 e. The van der Waals surface area contributed by atoms with E-state index in [4.69, 9.17) is 11.6 Å². The van der Waals surface area contributed by atoms with Gasteiger partial charge < -0.3 is 5.32 Å². The number of nitrogens with zero attached hydrogens (tertiary/aromatic N) is 2. The molecule has 0 aromatic carbocycles. The maximum Gasteiger partial charge on any atom is 0.319 e. The van der Waals surface area contributed by atoms with Crippen molar-refractivity contribution >= 4 is 23.2 Å². The van der Waals surface area contributed by atoms with Gasteiger partial charge in [-0.2, -0.15) is 0 Å². The van der Waals surface area contributed by atoms with E-state index >= 15 is 0 Å². The molecule has 2 rings (SSSR count). The second-order valence-corrected chi connectivity index (χ2v) is 4.98. The van der Waals surface area contributed by atoms with Crippen LogP contribution in [-0.2, 0) is 0 Å². The van der Waals surface area contributed by atoms with Crippen molar-refractivity contribution in [3.05, 3.63) is 33.1 Å². The highest BCUT2D eigenvalue weighted by Crippen LogP contribution is 2.32. The summed E-state index contributed by atoms with van der Waals surface area (Å²) in [5, 5.41) is 13.4. The van der Waals surface area contributed by atoms with E-state index in [9.17, 15) is 14.9 Å². The highest BCUT2D eigenvalue weighted by molar-refractivity contribution is 6.32. The molecule has 0 radical (unpaired) electrons. The summed E-state index contributed by atoms with van der Waals surface area (Å²) in [6.07, 6.45) is 4.10. The molecule has 0 unspecified atom stereocenters. The molecule has 1 N–H and O–H groups in total. The van der Waals surface area contributed by atoms with E-state index in [1.807, 2.05) is 6.92 Å². The Balaban J connectivity index is 2.30. The highest BCUT2D eigenvalue weighted by atomic mass is 35.5. The Hall–Kier alpha value is -1.69. The lowest BCUT2D eigenvalue weighted by Gasteiger charge is -2.39. The molecular weight excluding hydrogens is 258 g/mol. The van der Waals surface area contributed by atoms with Crippen LogP contribution in [0.25, 0.3) is 0 Å². The first kappa shape index (κ1) is 12.8. The smallest absolute Gasteiger partial charge is 0.319 e. The van der Waals surface area contributed by atoms with Crippen LogP contribution < -0.4 is 5.32 Å². The highest BCUT2D eigenvalue weighted by Gasteiger charge is 2.35. The third kappa shape index (κ3) is 2.28. The van der Waals surface area contributed by atoms with Gasteiger partial charge in [-0.3, -0.25) is 14.9 Å². The zero-order chi connectivity index (χ0) is 13.3. The minimum absolute atomic E-state index is 0.0480. The summed E-state index contributed by atoms with van der Waals surface area (Å²) in [5.74, 6) is -0.479. The van der Waals surface area contributed by atoms with Gasteiger partial charge in [0.2, 0.25) is 5.15 Å². The Bertz CT molecular complexity index is 514. The number of halogens is 1. The summed E-state index contributed by atoms with van der Waals surface area (Å²) >= 11 is 5.65. The van der Waals surface area contributed by atoms with E-state index < -0.39 is 16.5 Å². The molecule has 0 bridgehead atoms. The molecule has 96 valence electrons. The summed E-state index contributed by atoms with van der Waals surface area (Å²) in [6, 6.07) is 1.31. The molecule has 0 spiro atoms. The molecule has 0 atom stereocenters. The molecule has 1 aliphatic carbocycles. The second-order valence-electron chi connectivity index (χ2n) is 4.62. The standard InChI is InChI=1S/C11H12ClN3O3/c1-11(4-2-5-11)14-10(16)7-3-6-13-9(12)8(7)15(17)18/h3,6H,2,4-5H2,1H3,(H,14,16). The normalized spacial score (nSPS) is 16.8. The van der Waals surface area contributed by atoms with Crippen LogP contribution >= 0.6 is 11.6 Å². The van der Waals surface area contributed by atoms with E-state index in [2.05, 4.69) is 10.3 Å². The van der Waals surface area contributed by atoms with Crippen LogP contribution in [0.1, 0.15) is 36.5 Å². The lowest BCUT2D eigenvalue weighted by Crippen LogP contribution is -2.51. The molecule has 0 aliphatic heterocycles. The van der Waals surface area contributed by atoms with Gasteiger partial charge in [0.05, 0.1) is 4.92 Å². The molecule has 1 fully saturated rings. The number of hydrogen-bond acceptors (Lipinski definition) is 4. The summed E-state index contributed by atoms with van der Waals surface area (Å²) in [4.78, 5) is 25.9. The first-order chi connectivity index (χ1) is 8.43. The zero-order valence-electron chi connectivity index (χ0n) is 9.77. The van der Waals surface area contributed by atoms with Crippen LogP contribution in [0.15, 0.2) is 12.3 Å². The van der Waals surface area contributed by atoms with E-state index in [1.165, 1.54) is 12.3 Å². The van der Waals surface area contributed by atoms with Crippen molar-refractivity contribution in [3.8, 4) is 0 Å². The van der Waals surface area contributed by atoms with Gasteiger partial charge in [0.1, 0.15) is 5.56 Å². The molecule has 1 saturated carbocycles. The maximum absolute atomic E-state index is 12.0. The van der Waals surface area contributed by atoms with Gasteiger partial charge in [0.25, 0.3) is 5.91 Å². The second kappa shape index (κ2) is 4.53. The lowest BCUT2D eigenvalue weighted by atomic mass is 9.78. The van der Waals surface area contributed by atoms with Gasteiger partial charge in [0, 0.05) is 11.7 Å². The molecule has 1 aromatic heterocycles. The van der Waals surface area contributed by atoms with E-state index in [-0.39, 0.29) is 16.3 Å². The van der Waals surface area contributed by atoms with Crippen LogP contribution in [0.3, 0.4) is 0 Å². The molecule has 18 heavy (non-hydrogen) atoms. The van der Waals surface area contributed by atoms with Crippen molar-refractivity contribution in [2.75, 3.05) is 0 Å². The molecule has 1 aliphatic rings. The topological polar surface area (TPSA) is 85.1 Å². The van der Waals surface area contributed by atoms with Crippen molar-refractivity contribution < 1.29 is 9.72 Å². The maximum atomic E-state index is 12.0. The average molecular weight is 270 g/mol. The van der Waals surface area contributed by atoms with Gasteiger partial charge in [0.15, 0.2) is 0 Å². The summed E-state index contributed by atoms with van der Waals surface area (Å²) < 4.78 is 0. The SMILES string of the molecule is CC1(NC(=O)c2ccnc(Cl)c2[N+](=O)[O-])CCC1. The number of aromatic nitrogens is 1. The number of nitro groups is 1. The zero-order valence-corrected chi connectivity index (χ0v) is 10.5. The predicted molar refractivity (Wildman–Crippen MR) is 65.6 cm³/mol. The van der Waals surface area contributed by atoms with E-state index in [0.29, 0.717) is 0 Å². The van der Waals surface area contributed by atoms with Crippen molar-refractivity contribution in [1.29, 1.82) is 0 Å². The van der Waals surface area contributed by atoms with Crippen molar-refractivity contribution in [2.24, 2.45) is 0 Å². The monoisotopic (exact) mass is 269 g/mol. The van der Waals surface area contributed by atoms with E-state index in [0.717, 1.165) is 19.3 Å². The quantitative estimate of drug-likeness (QED) is 0.518. The summed E-state index contributed by atoms with van der Waals surface area (Å²) in [7, 11) is 0. The molecule has 1 amide bonds. The van der Waals surface area contributed by atoms with Gasteiger partial charge in [-0.25, -0.2) is 4.98 Å². The summed E-state index contributed by atoms with van der Waals surface area (Å²) in [6.45, 7) is 1.92. The van der Waals surface area contributed by atoms with Crippen LogP contribution in [0, 0.1) is 10.1 Å². The Kier molecular flexibility index (Phi) is 3.21. The first-order valence-electron chi connectivity index (χ1n) is 5.54. The Labute approximate surface area is 109 Å². The van der Waals surface area contributed by atoms with Crippen LogP contribution in [0.5, 0.6) is 0 Å². The molecule has 1 aromatic rings. The number of carbonyl (C=O) groups is 1. The molecule has 6 nitrogen and oxygen atoms in total. The third-order valence-electron chi connectivity index (χ3n) is 3.18. The van der Waals surface area contributed by atoms with E-state index in [1.54, 1.807) is 0 Å². The molecular formula is C11H12ClN3O3. The van der Waals surface area contributed by atoms with Gasteiger partial charge in [-0.15, -0.1) is 0 Å². The summed E-state index contributed by atoms with van der Waals surface area (Å²) in [5.41, 5.74) is -0.756. The Morgan fingerprint density at radius 2 is 2.28 bits per heavy atom. The van der Waals surface area contributed by atoms with Crippen LogP contribution in [-0.4, -0.2) is 21.4 Å². The van der Waals surface area contributed by atoms with Crippen molar-refractivity contribution in [1.82, 2.24) is 10.3 Å². The van der Waals surface area contributed by atoms with Gasteiger partial charge in [-0.1, -0.05) is 11.6 Å². The Morgan fingerprint density at radius 3 is 2.78 bits per heavy atom. The number of hydrogen-bond donors (Lipinski definition) is 1. The van der Waals surface area contributed by atoms with Crippen LogP contribution in [0.2, 0.25) is 5.15 Å². The number of carbonyl (C=O) groups excluding carboxylic acids is 1. The fourth-order valence-corrected chi connectivity index (χ4v) is 2.19. The number of amides is 1. The average Bonchev–Trinajstić information content (AvgIpc) is 2.25. The first-order valence-corrected chi connectivity index (χ1v) is 5.92. The van der Waals surface area contributed by atoms with Gasteiger partial charge in [-0.05, 0) is 32.3 Å². The fourth-order valence-electron chi connectivity index (χ4n) is 1.96. The number of nitrogens with one attached hydrogen (secondary N) is 1. The third-order valence-corrected chi connectivity index (χ3v) is 3.46.